The van der Waals surface area contributed by atoms with Gasteiger partial charge in [0.05, 0.1) is 18.7 Å². The molecule has 8 nitrogen and oxygen atoms in total. The zero-order valence-corrected chi connectivity index (χ0v) is 18.2. The summed E-state index contributed by atoms with van der Waals surface area (Å²) in [6, 6.07) is 15.3. The van der Waals surface area contributed by atoms with Crippen molar-refractivity contribution in [2.75, 3.05) is 12.1 Å². The topological polar surface area (TPSA) is 102 Å². The molecule has 4 aromatic rings. The molecule has 0 saturated carbocycles. The van der Waals surface area contributed by atoms with Gasteiger partial charge < -0.3 is 24.5 Å². The van der Waals surface area contributed by atoms with Gasteiger partial charge in [-0.2, -0.15) is 0 Å². The van der Waals surface area contributed by atoms with Crippen molar-refractivity contribution in [3.8, 4) is 22.8 Å². The molecule has 1 aliphatic rings. The van der Waals surface area contributed by atoms with Gasteiger partial charge in [-0.1, -0.05) is 18.2 Å². The van der Waals surface area contributed by atoms with Crippen molar-refractivity contribution in [3.05, 3.63) is 76.4 Å². The monoisotopic (exact) mass is 461 g/mol. The first-order valence-electron chi connectivity index (χ1n) is 10.5. The van der Waals surface area contributed by atoms with Crippen molar-refractivity contribution >= 4 is 28.2 Å². The lowest BCUT2D eigenvalue weighted by molar-refractivity contribution is -0.114. The molecule has 172 valence electrons. The predicted molar refractivity (Wildman–Crippen MR) is 125 cm³/mol. The number of nitrogens with one attached hydrogen (secondary N) is 1. The van der Waals surface area contributed by atoms with E-state index in [0.717, 1.165) is 11.1 Å². The van der Waals surface area contributed by atoms with Gasteiger partial charge in [0.1, 0.15) is 11.6 Å². The highest BCUT2D eigenvalue weighted by atomic mass is 19.1. The molecule has 5 rings (SSSR count). The lowest BCUT2D eigenvalue weighted by Crippen LogP contribution is -2.14. The zero-order chi connectivity index (χ0) is 23.8. The van der Waals surface area contributed by atoms with Crippen molar-refractivity contribution in [1.82, 2.24) is 4.57 Å². The maximum absolute atomic E-state index is 14.2. The van der Waals surface area contributed by atoms with Gasteiger partial charge in [-0.05, 0) is 52.7 Å². The number of amides is 1. The van der Waals surface area contributed by atoms with E-state index in [0.29, 0.717) is 33.5 Å². The van der Waals surface area contributed by atoms with Gasteiger partial charge in [0.15, 0.2) is 12.5 Å². The maximum Gasteiger partial charge on any atom is 0.222 e. The van der Waals surface area contributed by atoms with Crippen LogP contribution in [0.3, 0.4) is 0 Å². The molecule has 0 saturated heterocycles. The van der Waals surface area contributed by atoms with Crippen molar-refractivity contribution in [3.63, 3.8) is 0 Å². The second-order valence-electron chi connectivity index (χ2n) is 8.01. The molecule has 0 spiro atoms. The van der Waals surface area contributed by atoms with Crippen LogP contribution < -0.4 is 10.1 Å². The number of hydrogen-bond acceptors (Lipinski definition) is 6. The van der Waals surface area contributed by atoms with E-state index in [1.807, 2.05) is 24.3 Å². The maximum atomic E-state index is 14.2. The molecule has 1 aromatic heterocycles. The third kappa shape index (κ3) is 3.86. The van der Waals surface area contributed by atoms with E-state index in [1.165, 1.54) is 23.6 Å². The van der Waals surface area contributed by atoms with Crippen molar-refractivity contribution in [2.24, 2.45) is 5.18 Å². The van der Waals surface area contributed by atoms with E-state index in [9.17, 15) is 19.2 Å². The highest BCUT2D eigenvalue weighted by Crippen LogP contribution is 2.42. The summed E-state index contributed by atoms with van der Waals surface area (Å²) in [4.78, 5) is 23.0. The molecule has 0 fully saturated rings. The van der Waals surface area contributed by atoms with Crippen LogP contribution in [0, 0.1) is 10.7 Å². The van der Waals surface area contributed by atoms with E-state index in [2.05, 4.69) is 10.5 Å². The van der Waals surface area contributed by atoms with Gasteiger partial charge in [-0.15, -0.1) is 4.91 Å². The highest BCUT2D eigenvalue weighted by Gasteiger charge is 2.22. The second-order valence-corrected chi connectivity index (χ2v) is 8.01. The summed E-state index contributed by atoms with van der Waals surface area (Å²) in [6.45, 7) is 1.77. The number of nitrogens with zero attached hydrogens (tertiary/aromatic N) is 2. The van der Waals surface area contributed by atoms with Crippen LogP contribution in [0.4, 0.5) is 15.8 Å². The lowest BCUT2D eigenvalue weighted by atomic mass is 10.0. The second kappa shape index (κ2) is 8.60. The smallest absolute Gasteiger partial charge is 0.222 e. The number of aromatic nitrogens is 1. The third-order valence-corrected chi connectivity index (χ3v) is 5.70. The van der Waals surface area contributed by atoms with E-state index < -0.39 is 5.82 Å². The number of aromatic hydroxyl groups is 1. The van der Waals surface area contributed by atoms with Crippen LogP contribution in [0.2, 0.25) is 0 Å². The molecule has 2 N–H and O–H groups in total. The third-order valence-electron chi connectivity index (χ3n) is 5.70. The molecule has 1 aliphatic heterocycles. The standard InChI is InChI=1S/C25H20FN3O5/c1-14(30)27-20-4-2-3-15(9-20)16-5-6-22-21(10-16)23(28-32)25(31)29(22)11-17-7-19(26)8-18-12-33-13-34-24(17)18/h2-10,31H,11-13H2,1H3,(H,27,30). The molecule has 9 heteroatoms. The molecule has 0 radical (unpaired) electrons. The average Bonchev–Trinajstić information content (AvgIpc) is 3.08. The Morgan fingerprint density at radius 3 is 2.79 bits per heavy atom. The number of hydrogen-bond donors (Lipinski definition) is 2. The predicted octanol–water partition coefficient (Wildman–Crippen LogP) is 5.42. The number of nitroso groups, excluding NO2 is 1. The number of carbonyl (C=O) groups is 1. The summed E-state index contributed by atoms with van der Waals surface area (Å²) >= 11 is 0. The van der Waals surface area contributed by atoms with Crippen molar-refractivity contribution < 1.29 is 23.8 Å². The summed E-state index contributed by atoms with van der Waals surface area (Å²) in [5.41, 5.74) is 3.75. The van der Waals surface area contributed by atoms with Crippen LogP contribution >= 0.6 is 0 Å². The lowest BCUT2D eigenvalue weighted by Gasteiger charge is -2.21. The fourth-order valence-electron chi connectivity index (χ4n) is 4.28. The van der Waals surface area contributed by atoms with Crippen LogP contribution in [0.15, 0.2) is 59.8 Å². The summed E-state index contributed by atoms with van der Waals surface area (Å²) in [7, 11) is 0. The number of benzene rings is 3. The number of carbonyl (C=O) groups excluding carboxylic acids is 1. The Labute approximate surface area is 193 Å². The minimum atomic E-state index is -0.450. The Hall–Kier alpha value is -4.24. The van der Waals surface area contributed by atoms with Gasteiger partial charge in [0.2, 0.25) is 11.8 Å². The summed E-state index contributed by atoms with van der Waals surface area (Å²) in [5, 5.41) is 17.1. The van der Waals surface area contributed by atoms with E-state index in [1.54, 1.807) is 18.2 Å². The molecule has 0 bridgehead atoms. The Morgan fingerprint density at radius 2 is 2.00 bits per heavy atom. The fourth-order valence-corrected chi connectivity index (χ4v) is 4.28. The SMILES string of the molecule is CC(=O)Nc1cccc(-c2ccc3c(c2)c(N=O)c(O)n3Cc2cc(F)cc3c2OCOC3)c1. The van der Waals surface area contributed by atoms with Crippen LogP contribution in [-0.4, -0.2) is 22.4 Å². The van der Waals surface area contributed by atoms with Gasteiger partial charge in [-0.3, -0.25) is 4.79 Å². The summed E-state index contributed by atoms with van der Waals surface area (Å²) < 4.78 is 26.5. The van der Waals surface area contributed by atoms with Gasteiger partial charge in [-0.25, -0.2) is 4.39 Å². The van der Waals surface area contributed by atoms with E-state index >= 15 is 0 Å². The average molecular weight is 461 g/mol. The summed E-state index contributed by atoms with van der Waals surface area (Å²) in [5.74, 6) is -0.453. The largest absolute Gasteiger partial charge is 0.493 e. The molecule has 0 unspecified atom stereocenters. The molecule has 0 aliphatic carbocycles. The number of rotatable bonds is 5. The van der Waals surface area contributed by atoms with Crippen molar-refractivity contribution in [2.45, 2.75) is 20.1 Å². The highest BCUT2D eigenvalue weighted by molar-refractivity contribution is 5.98. The van der Waals surface area contributed by atoms with Gasteiger partial charge in [0.25, 0.3) is 0 Å². The van der Waals surface area contributed by atoms with Crippen molar-refractivity contribution in [1.29, 1.82) is 0 Å². The van der Waals surface area contributed by atoms with E-state index in [-0.39, 0.29) is 37.4 Å². The molecule has 34 heavy (non-hydrogen) atoms. The molecular weight excluding hydrogens is 441 g/mol. The molecule has 2 heterocycles. The Kier molecular flexibility index (Phi) is 5.46. The Morgan fingerprint density at radius 1 is 1.18 bits per heavy atom. The Bertz CT molecular complexity index is 1450. The van der Waals surface area contributed by atoms with E-state index in [4.69, 9.17) is 9.47 Å². The van der Waals surface area contributed by atoms with Crippen LogP contribution in [0.1, 0.15) is 18.1 Å². The van der Waals surface area contributed by atoms with Crippen LogP contribution in [-0.2, 0) is 22.7 Å². The number of anilines is 1. The fraction of sp³-hybridized carbons (Fsp3) is 0.160. The van der Waals surface area contributed by atoms with Crippen LogP contribution in [0.5, 0.6) is 11.6 Å². The Balaban J connectivity index is 1.59. The molecule has 3 aromatic carbocycles. The molecule has 0 atom stereocenters. The molecule has 1 amide bonds. The first-order chi connectivity index (χ1) is 16.4. The first-order valence-corrected chi connectivity index (χ1v) is 10.5. The summed E-state index contributed by atoms with van der Waals surface area (Å²) in [6.07, 6.45) is 0. The number of ether oxygens (including phenoxy) is 2. The molecular formula is C25H20FN3O5. The van der Waals surface area contributed by atoms with Gasteiger partial charge in [0, 0.05) is 29.1 Å². The van der Waals surface area contributed by atoms with Gasteiger partial charge >= 0.3 is 0 Å². The minimum absolute atomic E-state index is 0.0477. The number of halogens is 1. The minimum Gasteiger partial charge on any atom is -0.493 e. The van der Waals surface area contributed by atoms with Crippen LogP contribution in [0.25, 0.3) is 22.0 Å². The zero-order valence-electron chi connectivity index (χ0n) is 18.2. The number of fused-ring (bicyclic) bond motifs is 2. The normalized spacial score (nSPS) is 12.8. The first kappa shape index (κ1) is 21.6. The quantitative estimate of drug-likeness (QED) is 0.386.